The molecule has 0 aliphatic carbocycles. The smallest absolute Gasteiger partial charge is 0.165 e. The number of aryl methyl sites for hydroxylation is 1. The lowest BCUT2D eigenvalue weighted by atomic mass is 10.3. The molecular formula is C13H27N7. The van der Waals surface area contributed by atoms with Crippen molar-refractivity contribution in [3.8, 4) is 0 Å². The first kappa shape index (κ1) is 15.3. The first-order valence-electron chi connectivity index (χ1n) is 7.66. The molecule has 1 aliphatic heterocycles. The zero-order valence-corrected chi connectivity index (χ0v) is 12.8. The molecule has 2 heterocycles. The van der Waals surface area contributed by atoms with Crippen LogP contribution in [0.2, 0.25) is 0 Å². The fourth-order valence-corrected chi connectivity index (χ4v) is 2.39. The summed E-state index contributed by atoms with van der Waals surface area (Å²) in [4.78, 5) is 4.81. The molecule has 7 nitrogen and oxygen atoms in total. The number of piperazine rings is 1. The highest BCUT2D eigenvalue weighted by Gasteiger charge is 2.12. The molecule has 0 amide bonds. The Kier molecular flexibility index (Phi) is 6.35. The Hall–Kier alpha value is -1.05. The molecule has 0 bridgehead atoms. The minimum atomic E-state index is 0.822. The summed E-state index contributed by atoms with van der Waals surface area (Å²) in [6, 6.07) is 0. The lowest BCUT2D eigenvalue weighted by molar-refractivity contribution is 0.199. The molecule has 0 saturated carbocycles. The van der Waals surface area contributed by atoms with Gasteiger partial charge in [-0.05, 0) is 23.9 Å². The Balaban J connectivity index is 1.73. The van der Waals surface area contributed by atoms with Crippen LogP contribution < -0.4 is 5.32 Å². The Morgan fingerprint density at radius 1 is 1.25 bits per heavy atom. The minimum absolute atomic E-state index is 0.822. The van der Waals surface area contributed by atoms with Gasteiger partial charge in [0.1, 0.15) is 0 Å². The SMILES string of the molecule is CCCCn1nnnc1CN(C)CCN1CCNCC1. The highest BCUT2D eigenvalue weighted by atomic mass is 15.5. The lowest BCUT2D eigenvalue weighted by Crippen LogP contribution is -2.45. The van der Waals surface area contributed by atoms with Crippen molar-refractivity contribution in [2.75, 3.05) is 46.3 Å². The van der Waals surface area contributed by atoms with Crippen LogP contribution in [0.3, 0.4) is 0 Å². The van der Waals surface area contributed by atoms with Crippen LogP contribution in [0.5, 0.6) is 0 Å². The third kappa shape index (κ3) is 4.81. The van der Waals surface area contributed by atoms with Crippen molar-refractivity contribution in [3.05, 3.63) is 5.82 Å². The quantitative estimate of drug-likeness (QED) is 0.713. The van der Waals surface area contributed by atoms with E-state index in [1.165, 1.54) is 0 Å². The van der Waals surface area contributed by atoms with E-state index in [1.54, 1.807) is 0 Å². The standard InChI is InChI=1S/C13H27N7/c1-3-4-7-20-13(15-16-17-20)12-18(2)10-11-19-8-5-14-6-9-19/h14H,3-12H2,1-2H3. The molecule has 0 radical (unpaired) electrons. The number of likely N-dealkylation sites (N-methyl/N-ethyl adjacent to an activating group) is 1. The van der Waals surface area contributed by atoms with Gasteiger partial charge < -0.3 is 5.32 Å². The highest BCUT2D eigenvalue weighted by Crippen LogP contribution is 2.01. The molecule has 1 fully saturated rings. The van der Waals surface area contributed by atoms with E-state index in [1.807, 2.05) is 4.68 Å². The normalized spacial score (nSPS) is 16.9. The average Bonchev–Trinajstić information content (AvgIpc) is 2.91. The number of nitrogens with zero attached hydrogens (tertiary/aromatic N) is 6. The number of hydrogen-bond donors (Lipinski definition) is 1. The summed E-state index contributed by atoms with van der Waals surface area (Å²) in [7, 11) is 2.14. The second-order valence-electron chi connectivity index (χ2n) is 5.50. The van der Waals surface area contributed by atoms with E-state index in [0.29, 0.717) is 0 Å². The maximum absolute atomic E-state index is 4.14. The van der Waals surface area contributed by atoms with Crippen LogP contribution in [0.4, 0.5) is 0 Å². The molecule has 2 rings (SSSR count). The molecule has 0 aromatic carbocycles. The van der Waals surface area contributed by atoms with Crippen LogP contribution in [0.1, 0.15) is 25.6 Å². The van der Waals surface area contributed by atoms with Gasteiger partial charge in [0.15, 0.2) is 5.82 Å². The van der Waals surface area contributed by atoms with Gasteiger partial charge in [-0.1, -0.05) is 13.3 Å². The van der Waals surface area contributed by atoms with Gasteiger partial charge in [0.2, 0.25) is 0 Å². The third-order valence-electron chi connectivity index (χ3n) is 3.75. The maximum atomic E-state index is 4.14. The predicted octanol–water partition coefficient (Wildman–Crippen LogP) is -0.190. The summed E-state index contributed by atoms with van der Waals surface area (Å²) in [6.45, 7) is 10.6. The Morgan fingerprint density at radius 3 is 2.80 bits per heavy atom. The van der Waals surface area contributed by atoms with Gasteiger partial charge in [0, 0.05) is 45.8 Å². The molecule has 0 unspecified atom stereocenters. The lowest BCUT2D eigenvalue weighted by Gasteiger charge is -2.28. The molecule has 1 N–H and O–H groups in total. The van der Waals surface area contributed by atoms with Gasteiger partial charge >= 0.3 is 0 Å². The van der Waals surface area contributed by atoms with Crippen molar-refractivity contribution in [2.45, 2.75) is 32.9 Å². The number of unbranched alkanes of at least 4 members (excludes halogenated alkanes) is 1. The summed E-state index contributed by atoms with van der Waals surface area (Å²) < 4.78 is 1.94. The van der Waals surface area contributed by atoms with Crippen LogP contribution in [-0.4, -0.2) is 76.3 Å². The number of nitrogens with one attached hydrogen (secondary N) is 1. The fourth-order valence-electron chi connectivity index (χ4n) is 2.39. The van der Waals surface area contributed by atoms with E-state index in [9.17, 15) is 0 Å². The van der Waals surface area contributed by atoms with E-state index in [2.05, 4.69) is 44.6 Å². The van der Waals surface area contributed by atoms with Crippen LogP contribution in [0.15, 0.2) is 0 Å². The molecule has 1 saturated heterocycles. The largest absolute Gasteiger partial charge is 0.314 e. The number of tetrazole rings is 1. The van der Waals surface area contributed by atoms with E-state index < -0.39 is 0 Å². The highest BCUT2D eigenvalue weighted by molar-refractivity contribution is 4.80. The van der Waals surface area contributed by atoms with Gasteiger partial charge in [-0.25, -0.2) is 4.68 Å². The molecule has 1 aliphatic rings. The van der Waals surface area contributed by atoms with E-state index >= 15 is 0 Å². The third-order valence-corrected chi connectivity index (χ3v) is 3.75. The molecule has 20 heavy (non-hydrogen) atoms. The monoisotopic (exact) mass is 281 g/mol. The van der Waals surface area contributed by atoms with Gasteiger partial charge in [-0.3, -0.25) is 9.80 Å². The summed E-state index contributed by atoms with van der Waals surface area (Å²) in [5.41, 5.74) is 0. The van der Waals surface area contributed by atoms with Gasteiger partial charge in [-0.15, -0.1) is 5.10 Å². The van der Waals surface area contributed by atoms with Crippen molar-refractivity contribution < 1.29 is 0 Å². The molecular weight excluding hydrogens is 254 g/mol. The maximum Gasteiger partial charge on any atom is 0.165 e. The number of hydrogen-bond acceptors (Lipinski definition) is 6. The first-order valence-corrected chi connectivity index (χ1v) is 7.66. The van der Waals surface area contributed by atoms with Crippen LogP contribution in [0.25, 0.3) is 0 Å². The van der Waals surface area contributed by atoms with Crippen molar-refractivity contribution in [2.24, 2.45) is 0 Å². The van der Waals surface area contributed by atoms with E-state index in [4.69, 9.17) is 0 Å². The van der Waals surface area contributed by atoms with Crippen molar-refractivity contribution in [1.29, 1.82) is 0 Å². The van der Waals surface area contributed by atoms with Gasteiger partial charge in [0.05, 0.1) is 6.54 Å². The van der Waals surface area contributed by atoms with E-state index in [0.717, 1.165) is 71.0 Å². The van der Waals surface area contributed by atoms with Crippen molar-refractivity contribution in [3.63, 3.8) is 0 Å². The van der Waals surface area contributed by atoms with Crippen molar-refractivity contribution >= 4 is 0 Å². The fraction of sp³-hybridized carbons (Fsp3) is 0.923. The first-order chi connectivity index (χ1) is 9.79. The topological polar surface area (TPSA) is 62.1 Å². The molecule has 0 spiro atoms. The van der Waals surface area contributed by atoms with Crippen molar-refractivity contribution in [1.82, 2.24) is 35.3 Å². The Bertz CT molecular complexity index is 373. The molecule has 114 valence electrons. The average molecular weight is 281 g/mol. The second kappa shape index (κ2) is 8.28. The minimum Gasteiger partial charge on any atom is -0.314 e. The second-order valence-corrected chi connectivity index (χ2v) is 5.50. The Labute approximate surface area is 121 Å². The molecule has 7 heteroatoms. The Morgan fingerprint density at radius 2 is 2.05 bits per heavy atom. The van der Waals surface area contributed by atoms with Crippen LogP contribution in [0, 0.1) is 0 Å². The van der Waals surface area contributed by atoms with Crippen LogP contribution >= 0.6 is 0 Å². The molecule has 0 atom stereocenters. The zero-order chi connectivity index (χ0) is 14.2. The number of aromatic nitrogens is 4. The molecule has 1 aromatic heterocycles. The number of rotatable bonds is 8. The zero-order valence-electron chi connectivity index (χ0n) is 12.8. The van der Waals surface area contributed by atoms with E-state index in [-0.39, 0.29) is 0 Å². The van der Waals surface area contributed by atoms with Gasteiger partial charge in [-0.2, -0.15) is 0 Å². The predicted molar refractivity (Wildman–Crippen MR) is 78.4 cm³/mol. The summed E-state index contributed by atoms with van der Waals surface area (Å²) in [6.07, 6.45) is 2.29. The summed E-state index contributed by atoms with van der Waals surface area (Å²) in [5.74, 6) is 0.973. The van der Waals surface area contributed by atoms with Crippen LogP contribution in [-0.2, 0) is 13.1 Å². The van der Waals surface area contributed by atoms with Gasteiger partial charge in [0.25, 0.3) is 0 Å². The summed E-state index contributed by atoms with van der Waals surface area (Å²) >= 11 is 0. The summed E-state index contributed by atoms with van der Waals surface area (Å²) in [5, 5.41) is 15.4. The molecule has 1 aromatic rings.